The lowest BCUT2D eigenvalue weighted by atomic mass is 9.95. The maximum Gasteiger partial charge on any atom is 0.244 e. The molecule has 0 bridgehead atoms. The van der Waals surface area contributed by atoms with Crippen molar-refractivity contribution in [3.8, 4) is 0 Å². The van der Waals surface area contributed by atoms with Crippen molar-refractivity contribution >= 4 is 15.8 Å². The fourth-order valence-corrected chi connectivity index (χ4v) is 5.56. The third-order valence-electron chi connectivity index (χ3n) is 5.82. The molecular weight excluding hydrogens is 348 g/mol. The van der Waals surface area contributed by atoms with Gasteiger partial charge in [-0.05, 0) is 44.4 Å². The molecule has 3 rings (SSSR count). The molecule has 3 heterocycles. The highest BCUT2D eigenvalue weighted by Crippen LogP contribution is 2.31. The van der Waals surface area contributed by atoms with Crippen LogP contribution in [0.3, 0.4) is 0 Å². The summed E-state index contributed by atoms with van der Waals surface area (Å²) in [6.45, 7) is 8.19. The number of anilines is 1. The molecule has 2 saturated heterocycles. The zero-order valence-corrected chi connectivity index (χ0v) is 17.1. The highest BCUT2D eigenvalue weighted by atomic mass is 32.2. The molecule has 0 amide bonds. The molecule has 6 nitrogen and oxygen atoms in total. The lowest BCUT2D eigenvalue weighted by Crippen LogP contribution is -2.47. The summed E-state index contributed by atoms with van der Waals surface area (Å²) < 4.78 is 27.3. The summed E-state index contributed by atoms with van der Waals surface area (Å²) in [5.74, 6) is 1.55. The van der Waals surface area contributed by atoms with Gasteiger partial charge < -0.3 is 9.80 Å². The van der Waals surface area contributed by atoms with Crippen molar-refractivity contribution < 1.29 is 8.42 Å². The molecule has 0 aliphatic carbocycles. The Morgan fingerprint density at radius 2 is 1.92 bits per heavy atom. The van der Waals surface area contributed by atoms with Crippen molar-refractivity contribution in [2.45, 2.75) is 50.5 Å². The maximum absolute atomic E-state index is 12.8. The highest BCUT2D eigenvalue weighted by molar-refractivity contribution is 7.89. The van der Waals surface area contributed by atoms with E-state index < -0.39 is 10.0 Å². The van der Waals surface area contributed by atoms with Crippen LogP contribution >= 0.6 is 0 Å². The lowest BCUT2D eigenvalue weighted by molar-refractivity contribution is 0.222. The molecule has 1 aromatic rings. The molecule has 0 saturated carbocycles. The van der Waals surface area contributed by atoms with E-state index in [2.05, 4.69) is 28.6 Å². The van der Waals surface area contributed by atoms with Gasteiger partial charge >= 0.3 is 0 Å². The number of nitrogens with zero attached hydrogens (tertiary/aromatic N) is 4. The van der Waals surface area contributed by atoms with Gasteiger partial charge in [0, 0.05) is 45.0 Å². The number of likely N-dealkylation sites (N-methyl/N-ethyl adjacent to an activating group) is 1. The summed E-state index contributed by atoms with van der Waals surface area (Å²) in [6, 6.07) is 4.14. The van der Waals surface area contributed by atoms with Gasteiger partial charge in [0.25, 0.3) is 0 Å². The zero-order valence-electron chi connectivity index (χ0n) is 16.3. The van der Waals surface area contributed by atoms with Crippen LogP contribution in [0.5, 0.6) is 0 Å². The number of aromatic nitrogens is 1. The molecule has 0 aromatic carbocycles. The van der Waals surface area contributed by atoms with E-state index in [1.54, 1.807) is 16.6 Å². The van der Waals surface area contributed by atoms with Crippen LogP contribution in [0, 0.1) is 5.92 Å². The van der Waals surface area contributed by atoms with Gasteiger partial charge in [0.2, 0.25) is 10.0 Å². The van der Waals surface area contributed by atoms with E-state index in [1.807, 2.05) is 13.1 Å². The van der Waals surface area contributed by atoms with E-state index in [4.69, 9.17) is 0 Å². The minimum Gasteiger partial charge on any atom is -0.353 e. The molecule has 26 heavy (non-hydrogen) atoms. The number of sulfonamides is 1. The molecule has 2 aliphatic rings. The first-order valence-electron chi connectivity index (χ1n) is 9.85. The van der Waals surface area contributed by atoms with Crippen molar-refractivity contribution in [2.75, 3.05) is 44.7 Å². The first-order valence-corrected chi connectivity index (χ1v) is 11.3. The smallest absolute Gasteiger partial charge is 0.244 e. The molecule has 2 atom stereocenters. The fourth-order valence-electron chi connectivity index (χ4n) is 4.19. The van der Waals surface area contributed by atoms with Crippen LogP contribution in [0.15, 0.2) is 23.2 Å². The van der Waals surface area contributed by atoms with Gasteiger partial charge in [-0.2, -0.15) is 4.31 Å². The van der Waals surface area contributed by atoms with E-state index in [9.17, 15) is 8.42 Å². The Morgan fingerprint density at radius 3 is 2.54 bits per heavy atom. The molecule has 2 unspecified atom stereocenters. The topological polar surface area (TPSA) is 56.8 Å². The van der Waals surface area contributed by atoms with Gasteiger partial charge in [-0.15, -0.1) is 0 Å². The van der Waals surface area contributed by atoms with Crippen LogP contribution in [-0.4, -0.2) is 68.4 Å². The Labute approximate surface area is 158 Å². The van der Waals surface area contributed by atoms with E-state index in [0.29, 0.717) is 29.9 Å². The van der Waals surface area contributed by atoms with Gasteiger partial charge in [-0.3, -0.25) is 0 Å². The average molecular weight is 381 g/mol. The quantitative estimate of drug-likeness (QED) is 0.759. The summed E-state index contributed by atoms with van der Waals surface area (Å²) in [4.78, 5) is 9.37. The normalized spacial score (nSPS) is 24.1. The van der Waals surface area contributed by atoms with Crippen molar-refractivity contribution in [3.05, 3.63) is 18.3 Å². The molecule has 7 heteroatoms. The van der Waals surface area contributed by atoms with Crippen LogP contribution in [0.4, 0.5) is 5.82 Å². The van der Waals surface area contributed by atoms with E-state index in [0.717, 1.165) is 25.5 Å². The van der Waals surface area contributed by atoms with Gasteiger partial charge in [-0.1, -0.05) is 20.3 Å². The molecule has 0 radical (unpaired) electrons. The Kier molecular flexibility index (Phi) is 6.20. The Bertz CT molecular complexity index is 684. The van der Waals surface area contributed by atoms with E-state index in [-0.39, 0.29) is 0 Å². The second-order valence-corrected chi connectivity index (χ2v) is 9.67. The lowest BCUT2D eigenvalue weighted by Gasteiger charge is -2.32. The number of piperazine rings is 1. The second-order valence-electron chi connectivity index (χ2n) is 7.73. The number of rotatable bonds is 6. The summed E-state index contributed by atoms with van der Waals surface area (Å²) >= 11 is 0. The maximum atomic E-state index is 12.8. The summed E-state index contributed by atoms with van der Waals surface area (Å²) in [7, 11) is -1.42. The number of hydrogen-bond acceptors (Lipinski definition) is 5. The monoisotopic (exact) mass is 380 g/mol. The van der Waals surface area contributed by atoms with Crippen LogP contribution in [0.1, 0.15) is 39.5 Å². The molecule has 0 spiro atoms. The van der Waals surface area contributed by atoms with Crippen LogP contribution in [0.25, 0.3) is 0 Å². The summed E-state index contributed by atoms with van der Waals surface area (Å²) in [5.41, 5.74) is 0. The highest BCUT2D eigenvalue weighted by Gasteiger charge is 2.31. The molecule has 1 aromatic heterocycles. The third-order valence-corrected chi connectivity index (χ3v) is 7.70. The van der Waals surface area contributed by atoms with Crippen LogP contribution < -0.4 is 4.90 Å². The molecule has 0 N–H and O–H groups in total. The van der Waals surface area contributed by atoms with Gasteiger partial charge in [0.1, 0.15) is 10.7 Å². The van der Waals surface area contributed by atoms with Crippen molar-refractivity contribution in [3.63, 3.8) is 0 Å². The summed E-state index contributed by atoms with van der Waals surface area (Å²) in [5, 5.41) is 0. The first kappa shape index (κ1) is 19.6. The second kappa shape index (κ2) is 8.23. The van der Waals surface area contributed by atoms with Gasteiger partial charge in [-0.25, -0.2) is 13.4 Å². The number of hydrogen-bond donors (Lipinski definition) is 0. The predicted octanol–water partition coefficient (Wildman–Crippen LogP) is 2.42. The van der Waals surface area contributed by atoms with Gasteiger partial charge in [0.05, 0.1) is 0 Å². The predicted molar refractivity (Wildman–Crippen MR) is 105 cm³/mol. The zero-order chi connectivity index (χ0) is 18.7. The number of pyridine rings is 1. The van der Waals surface area contributed by atoms with Crippen LogP contribution in [0.2, 0.25) is 0 Å². The Morgan fingerprint density at radius 1 is 1.19 bits per heavy atom. The summed E-state index contributed by atoms with van der Waals surface area (Å²) in [6.07, 6.45) is 6.34. The third kappa shape index (κ3) is 4.05. The SMILES string of the molecule is CCCC(C)C1CCCN1c1ccc(S(=O)(=O)N2CCN(C)CC2)cn1. The standard InChI is InChI=1S/C19H32N4O2S/c1-4-6-16(2)18-7-5-10-23(18)19-9-8-17(15-20-19)26(24,25)22-13-11-21(3)12-14-22/h8-9,15-16,18H,4-7,10-14H2,1-3H3. The van der Waals surface area contributed by atoms with Crippen LogP contribution in [-0.2, 0) is 10.0 Å². The molecular formula is C19H32N4O2S. The minimum atomic E-state index is -3.44. The largest absolute Gasteiger partial charge is 0.353 e. The molecule has 2 aliphatic heterocycles. The Hall–Kier alpha value is -1.18. The van der Waals surface area contributed by atoms with Crippen molar-refractivity contribution in [1.29, 1.82) is 0 Å². The fraction of sp³-hybridized carbons (Fsp3) is 0.737. The van der Waals surface area contributed by atoms with Crippen molar-refractivity contribution in [2.24, 2.45) is 5.92 Å². The molecule has 146 valence electrons. The Balaban J connectivity index is 1.74. The van der Waals surface area contributed by atoms with E-state index in [1.165, 1.54) is 25.7 Å². The van der Waals surface area contributed by atoms with Crippen molar-refractivity contribution in [1.82, 2.24) is 14.2 Å². The molecule has 2 fully saturated rings. The van der Waals surface area contributed by atoms with Gasteiger partial charge in [0.15, 0.2) is 0 Å². The minimum absolute atomic E-state index is 0.308. The average Bonchev–Trinajstić information content (AvgIpc) is 3.12. The first-order chi connectivity index (χ1) is 12.4. The van der Waals surface area contributed by atoms with E-state index >= 15 is 0 Å².